The van der Waals surface area contributed by atoms with Gasteiger partial charge in [-0.05, 0) is 30.0 Å². The van der Waals surface area contributed by atoms with Crippen molar-refractivity contribution in [3.63, 3.8) is 0 Å². The Morgan fingerprint density at radius 3 is 2.85 bits per heavy atom. The molecule has 20 heavy (non-hydrogen) atoms. The van der Waals surface area contributed by atoms with E-state index >= 15 is 0 Å². The molecule has 1 amide bonds. The maximum Gasteiger partial charge on any atom is 0.328 e. The van der Waals surface area contributed by atoms with Crippen molar-refractivity contribution < 1.29 is 14.7 Å². The van der Waals surface area contributed by atoms with Gasteiger partial charge in [-0.15, -0.1) is 22.7 Å². The lowest BCUT2D eigenvalue weighted by atomic mass is 10.3. The lowest BCUT2D eigenvalue weighted by Gasteiger charge is -2.00. The van der Waals surface area contributed by atoms with Gasteiger partial charge in [-0.25, -0.2) is 9.78 Å². The van der Waals surface area contributed by atoms with Crippen molar-refractivity contribution in [3.8, 4) is 0 Å². The van der Waals surface area contributed by atoms with Gasteiger partial charge >= 0.3 is 5.97 Å². The Kier molecular flexibility index (Phi) is 4.65. The fourth-order valence-corrected chi connectivity index (χ4v) is 2.86. The molecule has 7 heteroatoms. The lowest BCUT2D eigenvalue weighted by molar-refractivity contribution is -0.131. The average molecular weight is 308 g/mol. The Balaban J connectivity index is 1.91. The van der Waals surface area contributed by atoms with Crippen LogP contribution in [0.1, 0.15) is 25.9 Å². The van der Waals surface area contributed by atoms with Crippen LogP contribution >= 0.6 is 22.7 Å². The monoisotopic (exact) mass is 308 g/mol. The van der Waals surface area contributed by atoms with Crippen molar-refractivity contribution in [1.82, 2.24) is 10.3 Å². The van der Waals surface area contributed by atoms with E-state index in [2.05, 4.69) is 10.3 Å². The number of hydrogen-bond donors (Lipinski definition) is 2. The first-order chi connectivity index (χ1) is 9.54. The first kappa shape index (κ1) is 14.4. The lowest BCUT2D eigenvalue weighted by Crippen LogP contribution is -2.22. The predicted molar refractivity (Wildman–Crippen MR) is 79.0 cm³/mol. The molecule has 2 aromatic rings. The second kappa shape index (κ2) is 6.44. The molecule has 0 atom stereocenters. The molecule has 0 bridgehead atoms. The van der Waals surface area contributed by atoms with Crippen LogP contribution in [-0.4, -0.2) is 22.0 Å². The molecule has 0 fully saturated rings. The number of nitrogens with zero attached hydrogens (tertiary/aromatic N) is 1. The summed E-state index contributed by atoms with van der Waals surface area (Å²) in [7, 11) is 0. The van der Waals surface area contributed by atoms with Crippen LogP contribution in [0.5, 0.6) is 0 Å². The summed E-state index contributed by atoms with van der Waals surface area (Å²) in [6, 6.07) is 1.84. The number of carboxylic acids is 1. The molecule has 2 rings (SSSR count). The van der Waals surface area contributed by atoms with Crippen molar-refractivity contribution in [2.75, 3.05) is 0 Å². The van der Waals surface area contributed by atoms with E-state index in [-0.39, 0.29) is 5.91 Å². The molecular weight excluding hydrogens is 296 g/mol. The fourth-order valence-electron chi connectivity index (χ4n) is 1.47. The highest BCUT2D eigenvalue weighted by Crippen LogP contribution is 2.16. The fraction of sp³-hybridized carbons (Fsp3) is 0.154. The number of hydrogen-bond acceptors (Lipinski definition) is 5. The van der Waals surface area contributed by atoms with Crippen LogP contribution in [0.2, 0.25) is 0 Å². The van der Waals surface area contributed by atoms with Crippen LogP contribution in [0.3, 0.4) is 0 Å². The van der Waals surface area contributed by atoms with E-state index < -0.39 is 5.97 Å². The zero-order valence-corrected chi connectivity index (χ0v) is 12.3. The molecule has 2 heterocycles. The van der Waals surface area contributed by atoms with Crippen LogP contribution in [-0.2, 0) is 11.3 Å². The Morgan fingerprint density at radius 2 is 2.20 bits per heavy atom. The Bertz CT molecular complexity index is 658. The molecule has 0 aliphatic rings. The third-order valence-electron chi connectivity index (χ3n) is 2.37. The van der Waals surface area contributed by atoms with E-state index in [0.29, 0.717) is 12.2 Å². The third-order valence-corrected chi connectivity index (χ3v) is 4.10. The number of nitrogens with one attached hydrogen (secondary N) is 1. The summed E-state index contributed by atoms with van der Waals surface area (Å²) in [5, 5.41) is 15.7. The van der Waals surface area contributed by atoms with Crippen molar-refractivity contribution in [2.45, 2.75) is 13.5 Å². The van der Waals surface area contributed by atoms with Gasteiger partial charge in [0.05, 0.1) is 11.6 Å². The maximum atomic E-state index is 11.8. The molecule has 0 saturated carbocycles. The van der Waals surface area contributed by atoms with Gasteiger partial charge < -0.3 is 10.4 Å². The summed E-state index contributed by atoms with van der Waals surface area (Å²) >= 11 is 2.90. The topological polar surface area (TPSA) is 79.3 Å². The number of thiophene rings is 1. The summed E-state index contributed by atoms with van der Waals surface area (Å²) in [6.45, 7) is 2.25. The molecular formula is C13H12N2O3S2. The van der Waals surface area contributed by atoms with Crippen molar-refractivity contribution in [2.24, 2.45) is 0 Å². The van der Waals surface area contributed by atoms with Gasteiger partial charge in [-0.3, -0.25) is 4.79 Å². The van der Waals surface area contributed by atoms with E-state index in [1.807, 2.05) is 18.4 Å². The van der Waals surface area contributed by atoms with Crippen LogP contribution in [0, 0.1) is 6.92 Å². The van der Waals surface area contributed by atoms with Gasteiger partial charge in [0, 0.05) is 16.3 Å². The normalized spacial score (nSPS) is 10.8. The smallest absolute Gasteiger partial charge is 0.328 e. The van der Waals surface area contributed by atoms with E-state index in [9.17, 15) is 9.59 Å². The molecule has 0 saturated heterocycles. The quantitative estimate of drug-likeness (QED) is 0.832. The molecule has 0 unspecified atom stereocenters. The van der Waals surface area contributed by atoms with Gasteiger partial charge in [0.15, 0.2) is 0 Å². The highest BCUT2D eigenvalue weighted by Gasteiger charge is 2.09. The summed E-state index contributed by atoms with van der Waals surface area (Å²) < 4.78 is 0. The summed E-state index contributed by atoms with van der Waals surface area (Å²) in [6.07, 6.45) is 2.61. The van der Waals surface area contributed by atoms with Gasteiger partial charge in [-0.2, -0.15) is 0 Å². The van der Waals surface area contributed by atoms with Crippen LogP contribution in [0.25, 0.3) is 6.08 Å². The highest BCUT2D eigenvalue weighted by molar-refractivity contribution is 7.10. The van der Waals surface area contributed by atoms with E-state index in [4.69, 9.17) is 5.11 Å². The zero-order chi connectivity index (χ0) is 14.5. The second-order valence-corrected chi connectivity index (χ2v) is 6.01. The van der Waals surface area contributed by atoms with Gasteiger partial charge in [0.25, 0.3) is 5.91 Å². The minimum Gasteiger partial charge on any atom is -0.478 e. The molecule has 0 aliphatic carbocycles. The molecule has 2 aromatic heterocycles. The van der Waals surface area contributed by atoms with Gasteiger partial charge in [0.1, 0.15) is 5.69 Å². The standard InChI is InChI=1S/C13H12N2O3S2/c1-8-15-11(7-19-8)13(18)14-5-10-4-9(6-20-10)2-3-12(16)17/h2-4,6-7H,5H2,1H3,(H,14,18)(H,16,17)/b3-2+. The van der Waals surface area contributed by atoms with Crippen molar-refractivity contribution in [1.29, 1.82) is 0 Å². The number of amides is 1. The first-order valence-corrected chi connectivity index (χ1v) is 7.49. The number of aromatic nitrogens is 1. The Hall–Kier alpha value is -1.99. The Morgan fingerprint density at radius 1 is 1.40 bits per heavy atom. The minimum absolute atomic E-state index is 0.203. The number of carboxylic acid groups (broad SMARTS) is 1. The van der Waals surface area contributed by atoms with Gasteiger partial charge in [-0.1, -0.05) is 0 Å². The molecule has 2 N–H and O–H groups in total. The van der Waals surface area contributed by atoms with Crippen LogP contribution in [0.4, 0.5) is 0 Å². The van der Waals surface area contributed by atoms with E-state index in [1.165, 1.54) is 28.7 Å². The molecule has 104 valence electrons. The highest BCUT2D eigenvalue weighted by atomic mass is 32.1. The second-order valence-electron chi connectivity index (χ2n) is 3.95. The number of rotatable bonds is 5. The number of aliphatic carboxylic acids is 1. The Labute approximate surface area is 123 Å². The minimum atomic E-state index is -0.982. The summed E-state index contributed by atoms with van der Waals surface area (Å²) in [4.78, 5) is 27.3. The van der Waals surface area contributed by atoms with E-state index in [0.717, 1.165) is 21.5 Å². The van der Waals surface area contributed by atoms with Crippen molar-refractivity contribution in [3.05, 3.63) is 44.0 Å². The summed E-state index contributed by atoms with van der Waals surface area (Å²) in [5.41, 5.74) is 1.24. The molecule has 0 aliphatic heterocycles. The van der Waals surface area contributed by atoms with Crippen LogP contribution < -0.4 is 5.32 Å². The number of carbonyl (C=O) groups is 2. The summed E-state index contributed by atoms with van der Waals surface area (Å²) in [5.74, 6) is -1.18. The average Bonchev–Trinajstić information content (AvgIpc) is 3.02. The number of carbonyl (C=O) groups excluding carboxylic acids is 1. The third kappa shape index (κ3) is 4.01. The largest absolute Gasteiger partial charge is 0.478 e. The maximum absolute atomic E-state index is 11.8. The first-order valence-electron chi connectivity index (χ1n) is 5.73. The van der Waals surface area contributed by atoms with Gasteiger partial charge in [0.2, 0.25) is 0 Å². The molecule has 0 spiro atoms. The van der Waals surface area contributed by atoms with E-state index in [1.54, 1.807) is 5.38 Å². The molecule has 0 radical (unpaired) electrons. The van der Waals surface area contributed by atoms with Crippen molar-refractivity contribution >= 4 is 40.6 Å². The predicted octanol–water partition coefficient (Wildman–Crippen LogP) is 2.54. The molecule has 0 aromatic carbocycles. The number of aryl methyl sites for hydroxylation is 1. The zero-order valence-electron chi connectivity index (χ0n) is 10.6. The SMILES string of the molecule is Cc1nc(C(=O)NCc2cc(/C=C/C(=O)O)cs2)cs1. The molecule has 5 nitrogen and oxygen atoms in total. The number of thiazole rings is 1. The van der Waals surface area contributed by atoms with Crippen LogP contribution in [0.15, 0.2) is 22.9 Å².